The van der Waals surface area contributed by atoms with Gasteiger partial charge < -0.3 is 50.7 Å². The highest BCUT2D eigenvalue weighted by Gasteiger charge is 2.52. The van der Waals surface area contributed by atoms with Gasteiger partial charge in [0.1, 0.15) is 30.8 Å². The molecule has 0 unspecified atom stereocenters. The molecule has 1 aliphatic rings. The minimum atomic E-state index is -1.57. The number of hydrogen-bond donors (Lipinski definition) is 5. The molecule has 1 rings (SSSR count). The average Bonchev–Trinajstić information content (AvgIpc) is 2.89. The number of rotatable bonds is 15. The third kappa shape index (κ3) is 13.1. The molecule has 1 saturated heterocycles. The van der Waals surface area contributed by atoms with Crippen molar-refractivity contribution >= 4 is 47.4 Å². The Morgan fingerprint density at radius 1 is 0.756 bits per heavy atom. The fourth-order valence-corrected chi connectivity index (χ4v) is 4.37. The molecule has 1 aliphatic heterocycles. The average molecular weight is 646 g/mol. The molecule has 0 aromatic carbocycles. The number of primary amides is 1. The monoisotopic (exact) mass is 645 g/mol. The Bertz CT molecular complexity index is 1130. The number of ether oxygens (including phenoxy) is 5. The van der Waals surface area contributed by atoms with Crippen molar-refractivity contribution in [2.24, 2.45) is 11.7 Å². The van der Waals surface area contributed by atoms with Gasteiger partial charge in [0, 0.05) is 34.6 Å². The number of nitrogens with one attached hydrogen (secondary N) is 4. The van der Waals surface area contributed by atoms with E-state index in [0.29, 0.717) is 0 Å². The van der Waals surface area contributed by atoms with E-state index < -0.39 is 115 Å². The maximum Gasteiger partial charge on any atom is 0.303 e. The van der Waals surface area contributed by atoms with Crippen LogP contribution < -0.4 is 27.0 Å². The van der Waals surface area contributed by atoms with Crippen molar-refractivity contribution in [1.29, 1.82) is 0 Å². The first-order valence-corrected chi connectivity index (χ1v) is 14.0. The third-order valence-electron chi connectivity index (χ3n) is 6.21. The second-order valence-corrected chi connectivity index (χ2v) is 10.7. The van der Waals surface area contributed by atoms with Gasteiger partial charge in [0.2, 0.25) is 29.5 Å². The van der Waals surface area contributed by atoms with E-state index in [2.05, 4.69) is 21.3 Å². The zero-order valence-corrected chi connectivity index (χ0v) is 26.5. The van der Waals surface area contributed by atoms with Gasteiger partial charge in [0.05, 0.1) is 12.6 Å². The predicted octanol–water partition coefficient (Wildman–Crippen LogP) is -2.71. The molecular formula is C27H43N5O13. The van der Waals surface area contributed by atoms with Crippen molar-refractivity contribution in [3.63, 3.8) is 0 Å². The van der Waals surface area contributed by atoms with E-state index >= 15 is 0 Å². The fraction of sp³-hybridized carbons (Fsp3) is 0.704. The quantitative estimate of drug-likeness (QED) is 0.0898. The summed E-state index contributed by atoms with van der Waals surface area (Å²) in [6.45, 7) is 9.21. The van der Waals surface area contributed by atoms with E-state index in [0.717, 1.165) is 27.7 Å². The summed E-state index contributed by atoms with van der Waals surface area (Å²) in [6, 6.07) is -3.97. The Labute approximate surface area is 260 Å². The highest BCUT2D eigenvalue weighted by molar-refractivity contribution is 5.93. The van der Waals surface area contributed by atoms with Crippen LogP contribution in [-0.4, -0.2) is 109 Å². The molecular weight excluding hydrogens is 602 g/mol. The van der Waals surface area contributed by atoms with Crippen LogP contribution in [0.2, 0.25) is 0 Å². The minimum Gasteiger partial charge on any atom is -0.463 e. The van der Waals surface area contributed by atoms with Crippen LogP contribution >= 0.6 is 0 Å². The van der Waals surface area contributed by atoms with Crippen molar-refractivity contribution in [3.05, 3.63) is 0 Å². The van der Waals surface area contributed by atoms with Crippen LogP contribution in [0.25, 0.3) is 0 Å². The van der Waals surface area contributed by atoms with E-state index in [9.17, 15) is 38.4 Å². The number of amides is 5. The molecule has 254 valence electrons. The highest BCUT2D eigenvalue weighted by atomic mass is 16.7. The van der Waals surface area contributed by atoms with Crippen LogP contribution in [0.4, 0.5) is 0 Å². The van der Waals surface area contributed by atoms with Gasteiger partial charge in [-0.2, -0.15) is 0 Å². The van der Waals surface area contributed by atoms with Crippen molar-refractivity contribution in [3.8, 4) is 0 Å². The number of nitrogens with two attached hydrogens (primary N) is 1. The minimum absolute atomic E-state index is 0.407. The first-order chi connectivity index (χ1) is 20.8. The zero-order chi connectivity index (χ0) is 34.6. The zero-order valence-electron chi connectivity index (χ0n) is 26.5. The molecule has 45 heavy (non-hydrogen) atoms. The number of carbonyl (C=O) groups is 8. The maximum absolute atomic E-state index is 13.2. The second-order valence-electron chi connectivity index (χ2n) is 10.7. The number of esters is 3. The van der Waals surface area contributed by atoms with Crippen LogP contribution in [0.15, 0.2) is 0 Å². The Morgan fingerprint density at radius 3 is 1.80 bits per heavy atom. The van der Waals surface area contributed by atoms with Crippen molar-refractivity contribution in [2.75, 3.05) is 13.2 Å². The summed E-state index contributed by atoms with van der Waals surface area (Å²) in [5.41, 5.74) is 5.15. The first-order valence-electron chi connectivity index (χ1n) is 14.0. The van der Waals surface area contributed by atoms with E-state index in [1.165, 1.54) is 13.8 Å². The SMILES string of the molecule is CC(=O)N[C@H]1[C@H](O[C@H](C)[C@H](NC(=O)[C@@H](NC(C)=O)C(C)C)C(=O)NCC(N)=O)O[C@H](COC(C)=O)[C@@H](OC(C)=O)[C@@H]1OC(C)=O. The maximum atomic E-state index is 13.2. The third-order valence-corrected chi connectivity index (χ3v) is 6.21. The molecule has 0 aromatic heterocycles. The molecule has 0 aliphatic carbocycles. The van der Waals surface area contributed by atoms with Gasteiger partial charge in [-0.25, -0.2) is 0 Å². The molecule has 8 atom stereocenters. The van der Waals surface area contributed by atoms with Gasteiger partial charge >= 0.3 is 17.9 Å². The molecule has 0 bridgehead atoms. The van der Waals surface area contributed by atoms with Crippen molar-refractivity contribution in [1.82, 2.24) is 21.3 Å². The van der Waals surface area contributed by atoms with Crippen LogP contribution in [0, 0.1) is 5.92 Å². The predicted molar refractivity (Wildman–Crippen MR) is 151 cm³/mol. The lowest BCUT2D eigenvalue weighted by atomic mass is 9.95. The first kappa shape index (κ1) is 38.7. The summed E-state index contributed by atoms with van der Waals surface area (Å²) in [5, 5.41) is 9.78. The Hall–Kier alpha value is -4.32. The molecule has 18 nitrogen and oxygen atoms in total. The fourth-order valence-electron chi connectivity index (χ4n) is 4.37. The molecule has 18 heteroatoms. The van der Waals surface area contributed by atoms with Crippen LogP contribution in [-0.2, 0) is 62.0 Å². The van der Waals surface area contributed by atoms with E-state index in [-0.39, 0.29) is 0 Å². The lowest BCUT2D eigenvalue weighted by Gasteiger charge is -2.46. The molecule has 1 fully saturated rings. The van der Waals surface area contributed by atoms with Crippen molar-refractivity contribution < 1.29 is 62.0 Å². The highest BCUT2D eigenvalue weighted by Crippen LogP contribution is 2.29. The molecule has 0 saturated carbocycles. The Balaban J connectivity index is 3.57. The summed E-state index contributed by atoms with van der Waals surface area (Å²) >= 11 is 0. The van der Waals surface area contributed by atoms with E-state index in [1.54, 1.807) is 13.8 Å². The van der Waals surface area contributed by atoms with Gasteiger partial charge in [-0.3, -0.25) is 38.4 Å². The second kappa shape index (κ2) is 17.8. The molecule has 0 spiro atoms. The summed E-state index contributed by atoms with van der Waals surface area (Å²) in [6.07, 6.45) is -7.02. The number of hydrogen-bond acceptors (Lipinski definition) is 13. The Kier molecular flexibility index (Phi) is 15.3. The van der Waals surface area contributed by atoms with Gasteiger partial charge in [0.25, 0.3) is 0 Å². The van der Waals surface area contributed by atoms with Gasteiger partial charge in [-0.05, 0) is 12.8 Å². The van der Waals surface area contributed by atoms with Crippen LogP contribution in [0.1, 0.15) is 55.4 Å². The summed E-state index contributed by atoms with van der Waals surface area (Å²) in [4.78, 5) is 97.3. The van der Waals surface area contributed by atoms with E-state index in [1.807, 2.05) is 0 Å². The topological polar surface area (TPSA) is 257 Å². The largest absolute Gasteiger partial charge is 0.463 e. The summed E-state index contributed by atoms with van der Waals surface area (Å²) in [5.74, 6) is -6.46. The van der Waals surface area contributed by atoms with Gasteiger partial charge in [-0.15, -0.1) is 0 Å². The van der Waals surface area contributed by atoms with Crippen LogP contribution in [0.3, 0.4) is 0 Å². The van der Waals surface area contributed by atoms with Gasteiger partial charge in [0.15, 0.2) is 18.5 Å². The summed E-state index contributed by atoms with van der Waals surface area (Å²) < 4.78 is 27.8. The van der Waals surface area contributed by atoms with Gasteiger partial charge in [-0.1, -0.05) is 13.8 Å². The molecule has 0 aromatic rings. The summed E-state index contributed by atoms with van der Waals surface area (Å²) in [7, 11) is 0. The van der Waals surface area contributed by atoms with Crippen molar-refractivity contribution in [2.45, 2.75) is 104 Å². The lowest BCUT2D eigenvalue weighted by molar-refractivity contribution is -0.287. The lowest BCUT2D eigenvalue weighted by Crippen LogP contribution is -2.68. The molecule has 0 radical (unpaired) electrons. The van der Waals surface area contributed by atoms with Crippen LogP contribution in [0.5, 0.6) is 0 Å². The Morgan fingerprint density at radius 2 is 1.33 bits per heavy atom. The molecule has 1 heterocycles. The standard InChI is InChI=1S/C27H43N5O13/c1-11(2)20(30-13(4)33)26(40)32-21(25(39)29-9-19(28)38)12(3)42-27-22(31-14(5)34)24(44-17(8)37)23(43-16(7)36)18(45-27)10-41-15(6)35/h11-12,18,20-24,27H,9-10H2,1-8H3,(H2,28,38)(H,29,39)(H,30,33)(H,31,34)(H,32,40)/t12-,18-,20+,21+,22-,23-,24-,27-/m1/s1. The smallest absolute Gasteiger partial charge is 0.303 e. The number of carbonyl (C=O) groups excluding carboxylic acids is 8. The molecule has 6 N–H and O–H groups in total. The van der Waals surface area contributed by atoms with E-state index in [4.69, 9.17) is 29.4 Å². The normalized spacial score (nSPS) is 22.9. The molecule has 5 amide bonds.